The van der Waals surface area contributed by atoms with E-state index in [-0.39, 0.29) is 11.7 Å². The molecule has 176 valence electrons. The van der Waals surface area contributed by atoms with Gasteiger partial charge in [0.15, 0.2) is 5.78 Å². The van der Waals surface area contributed by atoms with Crippen molar-refractivity contribution in [3.63, 3.8) is 0 Å². The van der Waals surface area contributed by atoms with Crippen LogP contribution in [0.25, 0.3) is 0 Å². The number of aryl methyl sites for hydroxylation is 2. The third kappa shape index (κ3) is 6.34. The minimum absolute atomic E-state index is 0.0513. The van der Waals surface area contributed by atoms with E-state index in [0.29, 0.717) is 57.2 Å². The molecule has 7 nitrogen and oxygen atoms in total. The Hall–Kier alpha value is -3.35. The molecule has 1 aliphatic heterocycles. The van der Waals surface area contributed by atoms with Gasteiger partial charge in [-0.25, -0.2) is 4.79 Å². The molecule has 2 aromatic rings. The molecule has 0 unspecified atom stereocenters. The number of amides is 2. The van der Waals surface area contributed by atoms with E-state index in [4.69, 9.17) is 4.74 Å². The quantitative estimate of drug-likeness (QED) is 0.399. The number of fused-ring (bicyclic) bond motifs is 1. The van der Waals surface area contributed by atoms with Crippen LogP contribution in [0.4, 0.5) is 10.5 Å². The fourth-order valence-corrected chi connectivity index (χ4v) is 4.24. The van der Waals surface area contributed by atoms with Gasteiger partial charge in [0, 0.05) is 44.2 Å². The number of ether oxygens (including phenoxy) is 1. The fourth-order valence-electron chi connectivity index (χ4n) is 4.24. The second-order valence-electron chi connectivity index (χ2n) is 8.36. The summed E-state index contributed by atoms with van der Waals surface area (Å²) in [4.78, 5) is 39.1. The van der Waals surface area contributed by atoms with Crippen LogP contribution in [-0.2, 0) is 17.6 Å². The molecule has 2 aromatic carbocycles. The van der Waals surface area contributed by atoms with E-state index in [2.05, 4.69) is 0 Å². The predicted octanol–water partition coefficient (Wildman–Crippen LogP) is 4.57. The number of anilines is 1. The highest BCUT2D eigenvalue weighted by atomic mass is 16.5. The minimum Gasteiger partial charge on any atom is -0.496 e. The second-order valence-corrected chi connectivity index (χ2v) is 8.36. The highest BCUT2D eigenvalue weighted by molar-refractivity contribution is 5.99. The Bertz CT molecular complexity index is 1000. The van der Waals surface area contributed by atoms with Crippen molar-refractivity contribution in [2.45, 2.75) is 44.9 Å². The second kappa shape index (κ2) is 11.5. The van der Waals surface area contributed by atoms with Crippen LogP contribution in [0, 0.1) is 0 Å². The number of unbranched alkanes of at least 4 members (excludes halogenated alkanes) is 1. The maximum Gasteiger partial charge on any atom is 0.407 e. The van der Waals surface area contributed by atoms with Gasteiger partial charge >= 0.3 is 6.09 Å². The summed E-state index contributed by atoms with van der Waals surface area (Å²) < 4.78 is 5.35. The number of methoxy groups -OCH3 is 1. The van der Waals surface area contributed by atoms with E-state index in [1.54, 1.807) is 25.1 Å². The summed E-state index contributed by atoms with van der Waals surface area (Å²) in [7, 11) is 3.39. The van der Waals surface area contributed by atoms with Crippen molar-refractivity contribution in [1.82, 2.24) is 4.90 Å². The summed E-state index contributed by atoms with van der Waals surface area (Å²) in [6.45, 7) is 0.851. The molecule has 7 heteroatoms. The van der Waals surface area contributed by atoms with Gasteiger partial charge in [-0.3, -0.25) is 9.59 Å². The number of carbonyl (C=O) groups excluding carboxylic acids is 2. The third-order valence-corrected chi connectivity index (χ3v) is 6.16. The zero-order chi connectivity index (χ0) is 23.8. The SMILES string of the molecule is COc1ccccc1CCCN(CCCCC(=O)c1ccc2c(c1)CCC(=O)N2C)C(=O)O. The first-order valence-corrected chi connectivity index (χ1v) is 11.4. The van der Waals surface area contributed by atoms with E-state index in [1.807, 2.05) is 36.4 Å². The Balaban J connectivity index is 1.44. The van der Waals surface area contributed by atoms with Gasteiger partial charge < -0.3 is 19.6 Å². The molecule has 0 spiro atoms. The summed E-state index contributed by atoms with van der Waals surface area (Å²) in [5, 5.41) is 9.52. The monoisotopic (exact) mass is 452 g/mol. The summed E-state index contributed by atoms with van der Waals surface area (Å²) in [6, 6.07) is 13.3. The van der Waals surface area contributed by atoms with Crippen LogP contribution in [0.1, 0.15) is 53.6 Å². The van der Waals surface area contributed by atoms with Crippen LogP contribution >= 0.6 is 0 Å². The topological polar surface area (TPSA) is 87.2 Å². The van der Waals surface area contributed by atoms with Crippen molar-refractivity contribution in [3.05, 3.63) is 59.2 Å². The zero-order valence-corrected chi connectivity index (χ0v) is 19.4. The van der Waals surface area contributed by atoms with Gasteiger partial charge in [-0.15, -0.1) is 0 Å². The van der Waals surface area contributed by atoms with Gasteiger partial charge in [0.1, 0.15) is 5.75 Å². The molecule has 0 bridgehead atoms. The zero-order valence-electron chi connectivity index (χ0n) is 19.4. The molecular weight excluding hydrogens is 420 g/mol. The van der Waals surface area contributed by atoms with Crippen molar-refractivity contribution in [3.8, 4) is 5.75 Å². The van der Waals surface area contributed by atoms with Gasteiger partial charge in [0.25, 0.3) is 0 Å². The van der Waals surface area contributed by atoms with Crippen LogP contribution in [0.2, 0.25) is 0 Å². The highest BCUT2D eigenvalue weighted by Crippen LogP contribution is 2.28. The molecular formula is C26H32N2O5. The van der Waals surface area contributed by atoms with Gasteiger partial charge in [0.2, 0.25) is 5.91 Å². The van der Waals surface area contributed by atoms with Crippen molar-refractivity contribution >= 4 is 23.5 Å². The Labute approximate surface area is 195 Å². The smallest absolute Gasteiger partial charge is 0.407 e. The van der Waals surface area contributed by atoms with Gasteiger partial charge in [-0.2, -0.15) is 0 Å². The number of Topliss-reactive ketones (excluding diaryl/α,β-unsaturated/α-hetero) is 1. The summed E-state index contributed by atoms with van der Waals surface area (Å²) in [5.41, 5.74) is 3.61. The van der Waals surface area contributed by atoms with Crippen LogP contribution < -0.4 is 9.64 Å². The Kier molecular flexibility index (Phi) is 8.46. The van der Waals surface area contributed by atoms with Crippen molar-refractivity contribution in [2.75, 3.05) is 32.1 Å². The van der Waals surface area contributed by atoms with Crippen molar-refractivity contribution in [1.29, 1.82) is 0 Å². The molecule has 2 amide bonds. The number of nitrogens with zero attached hydrogens (tertiary/aromatic N) is 2. The maximum atomic E-state index is 12.6. The van der Waals surface area contributed by atoms with Gasteiger partial charge in [-0.1, -0.05) is 18.2 Å². The molecule has 1 N–H and O–H groups in total. The van der Waals surface area contributed by atoms with E-state index in [9.17, 15) is 19.5 Å². The lowest BCUT2D eigenvalue weighted by molar-refractivity contribution is -0.118. The normalized spacial score (nSPS) is 12.9. The van der Waals surface area contributed by atoms with Crippen LogP contribution in [-0.4, -0.2) is 55.0 Å². The molecule has 0 aliphatic carbocycles. The Morgan fingerprint density at radius 2 is 1.82 bits per heavy atom. The number of rotatable bonds is 11. The first-order chi connectivity index (χ1) is 15.9. The average Bonchev–Trinajstić information content (AvgIpc) is 2.82. The van der Waals surface area contributed by atoms with Crippen molar-refractivity contribution in [2.24, 2.45) is 0 Å². The molecule has 0 fully saturated rings. The maximum absolute atomic E-state index is 12.6. The van der Waals surface area contributed by atoms with E-state index in [0.717, 1.165) is 29.0 Å². The fraction of sp³-hybridized carbons (Fsp3) is 0.423. The van der Waals surface area contributed by atoms with E-state index >= 15 is 0 Å². The van der Waals surface area contributed by atoms with Gasteiger partial charge in [0.05, 0.1) is 7.11 Å². The minimum atomic E-state index is -0.935. The first-order valence-electron chi connectivity index (χ1n) is 11.4. The summed E-state index contributed by atoms with van der Waals surface area (Å²) in [6.07, 6.45) is 3.27. The largest absolute Gasteiger partial charge is 0.496 e. The lowest BCUT2D eigenvalue weighted by Crippen LogP contribution is -2.31. The molecule has 0 radical (unpaired) electrons. The van der Waals surface area contributed by atoms with E-state index < -0.39 is 6.09 Å². The molecule has 1 heterocycles. The molecule has 1 aliphatic rings. The number of hydrogen-bond acceptors (Lipinski definition) is 4. The van der Waals surface area contributed by atoms with Crippen molar-refractivity contribution < 1.29 is 24.2 Å². The van der Waals surface area contributed by atoms with Crippen LogP contribution in [0.3, 0.4) is 0 Å². The standard InChI is InChI=1S/C26H32N2O5/c1-27-22-14-12-21(18-20(22)13-15-25(27)30)23(29)10-5-6-16-28(26(31)32)17-7-9-19-8-3-4-11-24(19)33-2/h3-4,8,11-12,14,18H,5-7,9-10,13,15-17H2,1-2H3,(H,31,32). The van der Waals surface area contributed by atoms with Crippen LogP contribution in [0.15, 0.2) is 42.5 Å². The molecule has 3 rings (SSSR count). The number of para-hydroxylation sites is 1. The number of carboxylic acid groups (broad SMARTS) is 1. The average molecular weight is 453 g/mol. The summed E-state index contributed by atoms with van der Waals surface area (Å²) >= 11 is 0. The lowest BCUT2D eigenvalue weighted by Gasteiger charge is -2.26. The lowest BCUT2D eigenvalue weighted by atomic mass is 9.96. The molecule has 33 heavy (non-hydrogen) atoms. The third-order valence-electron chi connectivity index (χ3n) is 6.16. The van der Waals surface area contributed by atoms with Gasteiger partial charge in [-0.05, 0) is 67.5 Å². The molecule has 0 atom stereocenters. The number of ketones is 1. The molecule has 0 saturated carbocycles. The van der Waals surface area contributed by atoms with Crippen LogP contribution in [0.5, 0.6) is 5.75 Å². The number of benzene rings is 2. The Morgan fingerprint density at radius 3 is 2.58 bits per heavy atom. The first kappa shape index (κ1) is 24.3. The molecule has 0 aromatic heterocycles. The predicted molar refractivity (Wildman–Crippen MR) is 127 cm³/mol. The highest BCUT2D eigenvalue weighted by Gasteiger charge is 2.21. The molecule has 0 saturated heterocycles. The number of hydrogen-bond donors (Lipinski definition) is 1. The number of carbonyl (C=O) groups is 3. The Morgan fingerprint density at radius 1 is 1.06 bits per heavy atom. The van der Waals surface area contributed by atoms with E-state index in [1.165, 1.54) is 4.90 Å². The summed E-state index contributed by atoms with van der Waals surface area (Å²) in [5.74, 6) is 0.959.